The van der Waals surface area contributed by atoms with E-state index in [1.54, 1.807) is 12.1 Å². The van der Waals surface area contributed by atoms with Crippen LogP contribution < -0.4 is 5.73 Å². The van der Waals surface area contributed by atoms with Crippen molar-refractivity contribution in [3.05, 3.63) is 29.8 Å². The lowest BCUT2D eigenvalue weighted by molar-refractivity contribution is -0.134. The van der Waals surface area contributed by atoms with Gasteiger partial charge in [0.05, 0.1) is 6.04 Å². The topological polar surface area (TPSA) is 66.6 Å². The molecular weight excluding hydrogens is 264 g/mol. The second-order valence-corrected chi connectivity index (χ2v) is 6.03. The van der Waals surface area contributed by atoms with Crippen molar-refractivity contribution in [3.8, 4) is 5.75 Å². The third-order valence-electron chi connectivity index (χ3n) is 4.33. The van der Waals surface area contributed by atoms with Gasteiger partial charge in [-0.3, -0.25) is 4.79 Å². The molecule has 0 radical (unpaired) electrons. The van der Waals surface area contributed by atoms with Gasteiger partial charge in [0.25, 0.3) is 0 Å². The molecular formula is C17H26N2O2. The molecule has 1 aliphatic rings. The highest BCUT2D eigenvalue weighted by atomic mass is 16.3. The number of carbonyl (C=O) groups is 1. The zero-order chi connectivity index (χ0) is 15.2. The number of hydrogen-bond acceptors (Lipinski definition) is 3. The van der Waals surface area contributed by atoms with Crippen LogP contribution in [0.5, 0.6) is 5.75 Å². The Hall–Kier alpha value is -1.55. The Morgan fingerprint density at radius 2 is 1.95 bits per heavy atom. The van der Waals surface area contributed by atoms with Gasteiger partial charge in [0, 0.05) is 13.1 Å². The van der Waals surface area contributed by atoms with Gasteiger partial charge in [-0.2, -0.15) is 0 Å². The van der Waals surface area contributed by atoms with Crippen LogP contribution in [-0.2, 0) is 11.2 Å². The predicted octanol–water partition coefficient (Wildman–Crippen LogP) is 2.30. The van der Waals surface area contributed by atoms with Crippen molar-refractivity contribution in [1.29, 1.82) is 0 Å². The highest BCUT2D eigenvalue weighted by Gasteiger charge is 2.25. The van der Waals surface area contributed by atoms with Gasteiger partial charge in [0.2, 0.25) is 5.91 Å². The summed E-state index contributed by atoms with van der Waals surface area (Å²) in [5.41, 5.74) is 7.04. The van der Waals surface area contributed by atoms with Crippen LogP contribution in [0.2, 0.25) is 0 Å². The average molecular weight is 290 g/mol. The average Bonchev–Trinajstić information content (AvgIpc) is 2.50. The molecule has 4 nitrogen and oxygen atoms in total. The van der Waals surface area contributed by atoms with Crippen LogP contribution in [0.3, 0.4) is 0 Å². The fourth-order valence-corrected chi connectivity index (χ4v) is 3.06. The molecule has 1 heterocycles. The van der Waals surface area contributed by atoms with Crippen molar-refractivity contribution < 1.29 is 9.90 Å². The van der Waals surface area contributed by atoms with E-state index in [1.807, 2.05) is 17.0 Å². The zero-order valence-corrected chi connectivity index (χ0v) is 12.8. The minimum Gasteiger partial charge on any atom is -0.508 e. The summed E-state index contributed by atoms with van der Waals surface area (Å²) < 4.78 is 0. The van der Waals surface area contributed by atoms with Crippen molar-refractivity contribution in [1.82, 2.24) is 4.90 Å². The summed E-state index contributed by atoms with van der Waals surface area (Å²) in [6, 6.07) is 6.40. The predicted molar refractivity (Wildman–Crippen MR) is 84.0 cm³/mol. The summed E-state index contributed by atoms with van der Waals surface area (Å²) in [6.45, 7) is 3.89. The summed E-state index contributed by atoms with van der Waals surface area (Å²) in [5, 5.41) is 9.27. The number of aromatic hydroxyl groups is 1. The van der Waals surface area contributed by atoms with E-state index in [1.165, 1.54) is 12.8 Å². The lowest BCUT2D eigenvalue weighted by Gasteiger charge is -2.33. The number of benzene rings is 1. The number of phenols is 1. The minimum atomic E-state index is -0.489. The summed E-state index contributed by atoms with van der Waals surface area (Å²) >= 11 is 0. The van der Waals surface area contributed by atoms with Crippen LogP contribution in [0.25, 0.3) is 0 Å². The molecule has 0 bridgehead atoms. The molecule has 1 saturated heterocycles. The molecule has 1 aromatic rings. The summed E-state index contributed by atoms with van der Waals surface area (Å²) in [4.78, 5) is 14.3. The number of piperidine rings is 1. The number of nitrogens with two attached hydrogens (primary N) is 1. The maximum atomic E-state index is 12.4. The van der Waals surface area contributed by atoms with Crippen LogP contribution in [0.1, 0.15) is 38.2 Å². The molecule has 116 valence electrons. The van der Waals surface area contributed by atoms with E-state index >= 15 is 0 Å². The van der Waals surface area contributed by atoms with Gasteiger partial charge in [0.1, 0.15) is 5.75 Å². The number of nitrogens with zero attached hydrogens (tertiary/aromatic N) is 1. The fourth-order valence-electron chi connectivity index (χ4n) is 3.06. The smallest absolute Gasteiger partial charge is 0.239 e. The molecule has 1 unspecified atom stereocenters. The van der Waals surface area contributed by atoms with Crippen molar-refractivity contribution in [2.24, 2.45) is 11.7 Å². The van der Waals surface area contributed by atoms with E-state index in [9.17, 15) is 9.90 Å². The lowest BCUT2D eigenvalue weighted by Crippen LogP contribution is -2.48. The maximum Gasteiger partial charge on any atom is 0.239 e. The maximum absolute atomic E-state index is 12.4. The number of likely N-dealkylation sites (tertiary alicyclic amines) is 1. The fraction of sp³-hybridized carbons (Fsp3) is 0.588. The number of phenolic OH excluding ortho intramolecular Hbond substituents is 1. The molecule has 1 amide bonds. The molecule has 2 rings (SSSR count). The molecule has 0 saturated carbocycles. The molecule has 0 spiro atoms. The van der Waals surface area contributed by atoms with E-state index in [-0.39, 0.29) is 11.7 Å². The molecule has 1 aromatic carbocycles. The largest absolute Gasteiger partial charge is 0.508 e. The molecule has 3 N–H and O–H groups in total. The molecule has 21 heavy (non-hydrogen) atoms. The highest BCUT2D eigenvalue weighted by molar-refractivity contribution is 5.82. The first-order chi connectivity index (χ1) is 10.1. The second kappa shape index (κ2) is 7.46. The first kappa shape index (κ1) is 15.8. The van der Waals surface area contributed by atoms with E-state index in [2.05, 4.69) is 6.92 Å². The number of carbonyl (C=O) groups excluding carboxylic acids is 1. The molecule has 1 aliphatic heterocycles. The first-order valence-electron chi connectivity index (χ1n) is 7.92. The van der Waals surface area contributed by atoms with Gasteiger partial charge in [-0.15, -0.1) is 0 Å². The number of hydrogen-bond donors (Lipinski definition) is 2. The number of rotatable bonds is 5. The molecule has 0 aliphatic carbocycles. The normalized spacial score (nSPS) is 17.7. The first-order valence-corrected chi connectivity index (χ1v) is 7.92. The van der Waals surface area contributed by atoms with Crippen molar-refractivity contribution in [2.45, 2.75) is 45.1 Å². The standard InChI is InChI=1S/C17H26N2O2/c1-2-3-13-8-10-19(11-9-13)17(21)16(18)12-14-4-6-15(20)7-5-14/h4-7,13,16,20H,2-3,8-12,18H2,1H3. The Bertz CT molecular complexity index is 450. The SMILES string of the molecule is CCCC1CCN(C(=O)C(N)Cc2ccc(O)cc2)CC1. The van der Waals surface area contributed by atoms with Crippen LogP contribution in [0.15, 0.2) is 24.3 Å². The van der Waals surface area contributed by atoms with E-state index in [0.717, 1.165) is 37.4 Å². The lowest BCUT2D eigenvalue weighted by atomic mass is 9.92. The van der Waals surface area contributed by atoms with Crippen LogP contribution >= 0.6 is 0 Å². The molecule has 0 aromatic heterocycles. The quantitative estimate of drug-likeness (QED) is 0.874. The third kappa shape index (κ3) is 4.46. The van der Waals surface area contributed by atoms with Gasteiger partial charge in [-0.25, -0.2) is 0 Å². The summed E-state index contributed by atoms with van der Waals surface area (Å²) in [6.07, 6.45) is 5.21. The Morgan fingerprint density at radius 1 is 1.33 bits per heavy atom. The van der Waals surface area contributed by atoms with Crippen molar-refractivity contribution >= 4 is 5.91 Å². The van der Waals surface area contributed by atoms with Gasteiger partial charge >= 0.3 is 0 Å². The van der Waals surface area contributed by atoms with Gasteiger partial charge in [0.15, 0.2) is 0 Å². The third-order valence-corrected chi connectivity index (χ3v) is 4.33. The van der Waals surface area contributed by atoms with Gasteiger partial charge in [-0.05, 0) is 42.9 Å². The molecule has 1 atom stereocenters. The number of amides is 1. The summed E-state index contributed by atoms with van der Waals surface area (Å²) in [7, 11) is 0. The highest BCUT2D eigenvalue weighted by Crippen LogP contribution is 2.22. The van der Waals surface area contributed by atoms with Gasteiger partial charge in [-0.1, -0.05) is 31.9 Å². The van der Waals surface area contributed by atoms with E-state index in [0.29, 0.717) is 6.42 Å². The molecule has 4 heteroatoms. The van der Waals surface area contributed by atoms with Crippen molar-refractivity contribution in [3.63, 3.8) is 0 Å². The van der Waals surface area contributed by atoms with E-state index < -0.39 is 6.04 Å². The van der Waals surface area contributed by atoms with Crippen LogP contribution in [-0.4, -0.2) is 35.0 Å². The Morgan fingerprint density at radius 3 is 2.52 bits per heavy atom. The Labute approximate surface area is 126 Å². The second-order valence-electron chi connectivity index (χ2n) is 6.03. The zero-order valence-electron chi connectivity index (χ0n) is 12.8. The summed E-state index contributed by atoms with van der Waals surface area (Å²) in [5.74, 6) is 1.06. The van der Waals surface area contributed by atoms with Gasteiger partial charge < -0.3 is 15.7 Å². The van der Waals surface area contributed by atoms with E-state index in [4.69, 9.17) is 5.73 Å². The van der Waals surface area contributed by atoms with Crippen molar-refractivity contribution in [2.75, 3.05) is 13.1 Å². The minimum absolute atomic E-state index is 0.0537. The van der Waals surface area contributed by atoms with Crippen LogP contribution in [0.4, 0.5) is 0 Å². The Kier molecular flexibility index (Phi) is 5.62. The van der Waals surface area contributed by atoms with Crippen LogP contribution in [0, 0.1) is 5.92 Å². The molecule has 1 fully saturated rings. The monoisotopic (exact) mass is 290 g/mol. The Balaban J connectivity index is 1.84.